The van der Waals surface area contributed by atoms with Gasteiger partial charge in [0, 0.05) is 6.42 Å². The van der Waals surface area contributed by atoms with Crippen LogP contribution < -0.4 is 0 Å². The topological polar surface area (TPSA) is 17.1 Å². The first-order valence-corrected chi connectivity index (χ1v) is 4.08. The Morgan fingerprint density at radius 2 is 2.30 bits per heavy atom. The molecule has 1 rings (SSSR count). The molecule has 58 valence electrons. The maximum absolute atomic E-state index is 10.2. The average Bonchev–Trinajstić information content (AvgIpc) is 2.12. The van der Waals surface area contributed by atoms with Gasteiger partial charge in [0.25, 0.3) is 0 Å². The third-order valence-corrected chi connectivity index (χ3v) is 2.50. The fourth-order valence-corrected chi connectivity index (χ4v) is 1.92. The van der Waals surface area contributed by atoms with Crippen molar-refractivity contribution >= 4 is 6.29 Å². The van der Waals surface area contributed by atoms with Gasteiger partial charge in [-0.3, -0.25) is 0 Å². The monoisotopic (exact) mass is 140 g/mol. The Morgan fingerprint density at radius 3 is 2.70 bits per heavy atom. The van der Waals surface area contributed by atoms with Gasteiger partial charge in [-0.05, 0) is 30.6 Å². The Labute approximate surface area is 62.8 Å². The first-order chi connectivity index (χ1) is 4.64. The van der Waals surface area contributed by atoms with E-state index >= 15 is 0 Å². The molecule has 1 saturated carbocycles. The minimum absolute atomic E-state index is 0.508. The zero-order valence-electron chi connectivity index (χ0n) is 6.89. The second kappa shape index (κ2) is 2.73. The lowest BCUT2D eigenvalue weighted by Crippen LogP contribution is -2.05. The van der Waals surface area contributed by atoms with Gasteiger partial charge in [0.05, 0.1) is 0 Å². The number of carbonyl (C=O) groups excluding carboxylic acids is 1. The molecule has 0 aromatic heterocycles. The Kier molecular flexibility index (Phi) is 2.12. The lowest BCUT2D eigenvalue weighted by Gasteiger charge is -2.15. The highest BCUT2D eigenvalue weighted by atomic mass is 16.1. The van der Waals surface area contributed by atoms with Gasteiger partial charge in [-0.1, -0.05) is 13.8 Å². The van der Waals surface area contributed by atoms with Crippen molar-refractivity contribution in [1.82, 2.24) is 0 Å². The minimum atomic E-state index is 0.508. The Morgan fingerprint density at radius 1 is 1.60 bits per heavy atom. The van der Waals surface area contributed by atoms with Crippen molar-refractivity contribution in [2.24, 2.45) is 11.3 Å². The molecule has 10 heavy (non-hydrogen) atoms. The van der Waals surface area contributed by atoms with Crippen molar-refractivity contribution in [2.45, 2.75) is 39.5 Å². The molecule has 1 atom stereocenters. The quantitative estimate of drug-likeness (QED) is 0.538. The molecule has 0 N–H and O–H groups in total. The third-order valence-electron chi connectivity index (χ3n) is 2.50. The summed E-state index contributed by atoms with van der Waals surface area (Å²) in [4.78, 5) is 10.2. The highest BCUT2D eigenvalue weighted by molar-refractivity contribution is 5.49. The zero-order chi connectivity index (χ0) is 7.61. The van der Waals surface area contributed by atoms with Crippen LogP contribution in [0, 0.1) is 11.3 Å². The zero-order valence-corrected chi connectivity index (χ0v) is 6.89. The fourth-order valence-electron chi connectivity index (χ4n) is 1.92. The maximum atomic E-state index is 10.2. The summed E-state index contributed by atoms with van der Waals surface area (Å²) in [7, 11) is 0. The molecule has 0 aromatic carbocycles. The predicted octanol–water partition coefficient (Wildman–Crippen LogP) is 2.40. The Bertz CT molecular complexity index is 127. The van der Waals surface area contributed by atoms with Gasteiger partial charge in [-0.15, -0.1) is 0 Å². The van der Waals surface area contributed by atoms with E-state index in [1.165, 1.54) is 19.3 Å². The summed E-state index contributed by atoms with van der Waals surface area (Å²) in [6, 6.07) is 0. The highest BCUT2D eigenvalue weighted by Crippen LogP contribution is 2.41. The standard InChI is InChI=1S/C9H16O/c1-9(2)5-3-8(7-9)4-6-10/h6,8H,3-5,7H2,1-2H3. The van der Waals surface area contributed by atoms with Crippen LogP contribution >= 0.6 is 0 Å². The van der Waals surface area contributed by atoms with Crippen LogP contribution in [0.1, 0.15) is 39.5 Å². The normalized spacial score (nSPS) is 30.4. The molecule has 0 aliphatic heterocycles. The van der Waals surface area contributed by atoms with E-state index in [0.29, 0.717) is 11.3 Å². The van der Waals surface area contributed by atoms with E-state index in [-0.39, 0.29) is 0 Å². The van der Waals surface area contributed by atoms with Crippen molar-refractivity contribution in [3.05, 3.63) is 0 Å². The van der Waals surface area contributed by atoms with Crippen LogP contribution in [0.4, 0.5) is 0 Å². The second-order valence-electron chi connectivity index (χ2n) is 4.18. The van der Waals surface area contributed by atoms with E-state index in [4.69, 9.17) is 0 Å². The van der Waals surface area contributed by atoms with Gasteiger partial charge in [0.1, 0.15) is 6.29 Å². The summed E-state index contributed by atoms with van der Waals surface area (Å²) in [5.41, 5.74) is 0.508. The van der Waals surface area contributed by atoms with Gasteiger partial charge in [-0.25, -0.2) is 0 Å². The SMILES string of the molecule is CC1(C)CCC(CC=O)C1. The lowest BCUT2D eigenvalue weighted by molar-refractivity contribution is -0.108. The first-order valence-electron chi connectivity index (χ1n) is 4.08. The van der Waals surface area contributed by atoms with E-state index in [2.05, 4.69) is 13.8 Å². The van der Waals surface area contributed by atoms with E-state index in [0.717, 1.165) is 12.7 Å². The van der Waals surface area contributed by atoms with Gasteiger partial charge >= 0.3 is 0 Å². The number of rotatable bonds is 2. The number of aldehydes is 1. The molecule has 1 aliphatic rings. The molecule has 0 aromatic rings. The largest absolute Gasteiger partial charge is 0.303 e. The Hall–Kier alpha value is -0.330. The van der Waals surface area contributed by atoms with E-state index < -0.39 is 0 Å². The molecule has 1 fully saturated rings. The molecule has 1 heteroatoms. The summed E-state index contributed by atoms with van der Waals surface area (Å²) in [5, 5.41) is 0. The van der Waals surface area contributed by atoms with Gasteiger partial charge in [0.15, 0.2) is 0 Å². The summed E-state index contributed by atoms with van der Waals surface area (Å²) in [6.45, 7) is 4.58. The number of carbonyl (C=O) groups is 1. The van der Waals surface area contributed by atoms with Crippen molar-refractivity contribution in [1.29, 1.82) is 0 Å². The molecule has 0 amide bonds. The smallest absolute Gasteiger partial charge is 0.120 e. The number of hydrogen-bond acceptors (Lipinski definition) is 1. The van der Waals surface area contributed by atoms with Crippen molar-refractivity contribution in [3.63, 3.8) is 0 Å². The average molecular weight is 140 g/mol. The van der Waals surface area contributed by atoms with Crippen molar-refractivity contribution in [3.8, 4) is 0 Å². The minimum Gasteiger partial charge on any atom is -0.303 e. The highest BCUT2D eigenvalue weighted by Gasteiger charge is 2.30. The molecule has 1 aliphatic carbocycles. The fraction of sp³-hybridized carbons (Fsp3) is 0.889. The summed E-state index contributed by atoms with van der Waals surface area (Å²) >= 11 is 0. The summed E-state index contributed by atoms with van der Waals surface area (Å²) < 4.78 is 0. The van der Waals surface area contributed by atoms with Crippen LogP contribution in [-0.4, -0.2) is 6.29 Å². The van der Waals surface area contributed by atoms with E-state index in [9.17, 15) is 4.79 Å². The van der Waals surface area contributed by atoms with Gasteiger partial charge < -0.3 is 4.79 Å². The van der Waals surface area contributed by atoms with Crippen LogP contribution in [0.25, 0.3) is 0 Å². The van der Waals surface area contributed by atoms with Crippen LogP contribution in [0.3, 0.4) is 0 Å². The Balaban J connectivity index is 2.35. The maximum Gasteiger partial charge on any atom is 0.120 e. The van der Waals surface area contributed by atoms with Crippen LogP contribution in [0.5, 0.6) is 0 Å². The number of hydrogen-bond donors (Lipinski definition) is 0. The van der Waals surface area contributed by atoms with E-state index in [1.54, 1.807) is 0 Å². The molecule has 1 nitrogen and oxygen atoms in total. The third kappa shape index (κ3) is 1.83. The molecule has 0 bridgehead atoms. The summed E-state index contributed by atoms with van der Waals surface area (Å²) in [6.07, 6.45) is 5.64. The van der Waals surface area contributed by atoms with Crippen LogP contribution in [0.2, 0.25) is 0 Å². The van der Waals surface area contributed by atoms with Crippen molar-refractivity contribution < 1.29 is 4.79 Å². The van der Waals surface area contributed by atoms with Gasteiger partial charge in [0.2, 0.25) is 0 Å². The molecular formula is C9H16O. The molecule has 0 radical (unpaired) electrons. The van der Waals surface area contributed by atoms with Crippen molar-refractivity contribution in [2.75, 3.05) is 0 Å². The molecule has 1 unspecified atom stereocenters. The van der Waals surface area contributed by atoms with Crippen LogP contribution in [0.15, 0.2) is 0 Å². The lowest BCUT2D eigenvalue weighted by atomic mass is 9.90. The molecule has 0 saturated heterocycles. The summed E-state index contributed by atoms with van der Waals surface area (Å²) in [5.74, 6) is 0.687. The molecule has 0 heterocycles. The van der Waals surface area contributed by atoms with Crippen LogP contribution in [-0.2, 0) is 4.79 Å². The molecule has 0 spiro atoms. The van der Waals surface area contributed by atoms with Gasteiger partial charge in [-0.2, -0.15) is 0 Å². The first kappa shape index (κ1) is 7.77. The predicted molar refractivity (Wildman–Crippen MR) is 41.8 cm³/mol. The second-order valence-corrected chi connectivity index (χ2v) is 4.18. The molecular weight excluding hydrogens is 124 g/mol. The van der Waals surface area contributed by atoms with E-state index in [1.807, 2.05) is 0 Å².